The summed E-state index contributed by atoms with van der Waals surface area (Å²) in [6.07, 6.45) is 0. The fraction of sp³-hybridized carbons (Fsp3) is 0.185. The van der Waals surface area contributed by atoms with E-state index in [-0.39, 0.29) is 23.7 Å². The lowest BCUT2D eigenvalue weighted by molar-refractivity contribution is -0.132. The smallest absolute Gasteiger partial charge is 0.300 e. The highest BCUT2D eigenvalue weighted by Gasteiger charge is 2.47. The summed E-state index contributed by atoms with van der Waals surface area (Å²) in [6.45, 7) is 3.89. The topological polar surface area (TPSA) is 85.3 Å². The molecule has 1 unspecified atom stereocenters. The number of amides is 1. The van der Waals surface area contributed by atoms with E-state index < -0.39 is 23.5 Å². The second-order valence-electron chi connectivity index (χ2n) is 8.18. The summed E-state index contributed by atoms with van der Waals surface area (Å²) in [4.78, 5) is 28.0. The molecule has 7 nitrogen and oxygen atoms in total. The zero-order valence-electron chi connectivity index (χ0n) is 19.1. The van der Waals surface area contributed by atoms with Gasteiger partial charge < -0.3 is 19.3 Å². The van der Waals surface area contributed by atoms with Gasteiger partial charge in [-0.25, -0.2) is 4.39 Å². The maximum atomic E-state index is 13.9. The van der Waals surface area contributed by atoms with Crippen molar-refractivity contribution in [2.75, 3.05) is 18.3 Å². The quantitative estimate of drug-likeness (QED) is 0.321. The van der Waals surface area contributed by atoms with Crippen LogP contribution in [-0.4, -0.2) is 30.2 Å². The van der Waals surface area contributed by atoms with E-state index in [1.165, 1.54) is 23.1 Å². The molecule has 0 aromatic heterocycles. The van der Waals surface area contributed by atoms with Crippen LogP contribution < -0.4 is 19.1 Å². The first-order valence-corrected chi connectivity index (χ1v) is 11.1. The molecule has 0 spiro atoms. The Balaban J connectivity index is 1.71. The van der Waals surface area contributed by atoms with Crippen LogP contribution in [0.4, 0.5) is 10.1 Å². The number of rotatable bonds is 5. The second-order valence-corrected chi connectivity index (χ2v) is 8.18. The van der Waals surface area contributed by atoms with Crippen molar-refractivity contribution in [3.8, 4) is 17.2 Å². The third-order valence-corrected chi connectivity index (χ3v) is 5.99. The van der Waals surface area contributed by atoms with Crippen LogP contribution in [0.25, 0.3) is 5.76 Å². The molecule has 2 aliphatic rings. The van der Waals surface area contributed by atoms with Crippen molar-refractivity contribution in [2.45, 2.75) is 19.9 Å². The highest BCUT2D eigenvalue weighted by molar-refractivity contribution is 6.51. The van der Waals surface area contributed by atoms with Gasteiger partial charge in [0, 0.05) is 17.3 Å². The monoisotopic (exact) mass is 475 g/mol. The van der Waals surface area contributed by atoms with E-state index in [9.17, 15) is 19.1 Å². The zero-order chi connectivity index (χ0) is 24.7. The number of benzene rings is 3. The van der Waals surface area contributed by atoms with Gasteiger partial charge in [0.15, 0.2) is 11.5 Å². The van der Waals surface area contributed by atoms with Gasteiger partial charge in [-0.05, 0) is 67.4 Å². The highest BCUT2D eigenvalue weighted by Crippen LogP contribution is 2.45. The maximum absolute atomic E-state index is 13.9. The molecule has 5 rings (SSSR count). The average Bonchev–Trinajstić information content (AvgIpc) is 3.42. The lowest BCUT2D eigenvalue weighted by Gasteiger charge is -2.26. The predicted molar refractivity (Wildman–Crippen MR) is 126 cm³/mol. The van der Waals surface area contributed by atoms with Gasteiger partial charge in [-0.15, -0.1) is 0 Å². The summed E-state index contributed by atoms with van der Waals surface area (Å²) in [6, 6.07) is 15.0. The van der Waals surface area contributed by atoms with E-state index in [2.05, 4.69) is 0 Å². The van der Waals surface area contributed by atoms with Crippen LogP contribution in [0, 0.1) is 12.7 Å². The molecule has 1 N–H and O–H groups in total. The van der Waals surface area contributed by atoms with Gasteiger partial charge in [-0.3, -0.25) is 14.5 Å². The fourth-order valence-corrected chi connectivity index (χ4v) is 4.34. The lowest BCUT2D eigenvalue weighted by atomic mass is 9.94. The molecular weight excluding hydrogens is 453 g/mol. The Kier molecular flexibility index (Phi) is 5.64. The highest BCUT2D eigenvalue weighted by atomic mass is 19.1. The second kappa shape index (κ2) is 8.79. The Morgan fingerprint density at radius 3 is 2.66 bits per heavy atom. The number of anilines is 1. The number of ketones is 1. The molecule has 1 amide bonds. The summed E-state index contributed by atoms with van der Waals surface area (Å²) in [5.74, 6) is -0.962. The van der Waals surface area contributed by atoms with Gasteiger partial charge in [0.25, 0.3) is 11.7 Å². The number of aryl methyl sites for hydroxylation is 1. The van der Waals surface area contributed by atoms with Crippen molar-refractivity contribution in [1.29, 1.82) is 0 Å². The number of fused-ring (bicyclic) bond motifs is 1. The molecule has 2 aliphatic heterocycles. The van der Waals surface area contributed by atoms with Gasteiger partial charge in [0.2, 0.25) is 6.79 Å². The Bertz CT molecular complexity index is 1380. The van der Waals surface area contributed by atoms with E-state index >= 15 is 0 Å². The van der Waals surface area contributed by atoms with Crippen molar-refractivity contribution in [3.63, 3.8) is 0 Å². The fourth-order valence-electron chi connectivity index (χ4n) is 4.34. The lowest BCUT2D eigenvalue weighted by Crippen LogP contribution is -2.29. The number of hydrogen-bond acceptors (Lipinski definition) is 6. The number of halogens is 1. The molecule has 1 fully saturated rings. The molecule has 0 bridgehead atoms. The summed E-state index contributed by atoms with van der Waals surface area (Å²) < 4.78 is 30.3. The molecule has 8 heteroatoms. The molecule has 1 saturated heterocycles. The summed E-state index contributed by atoms with van der Waals surface area (Å²) >= 11 is 0. The van der Waals surface area contributed by atoms with Crippen LogP contribution in [0.5, 0.6) is 17.2 Å². The number of aliphatic hydroxyl groups is 1. The van der Waals surface area contributed by atoms with E-state index in [4.69, 9.17) is 14.2 Å². The number of nitrogens with zero attached hydrogens (tertiary/aromatic N) is 1. The van der Waals surface area contributed by atoms with Crippen LogP contribution in [0.15, 0.2) is 66.2 Å². The Morgan fingerprint density at radius 2 is 1.89 bits per heavy atom. The normalized spacial score (nSPS) is 18.3. The van der Waals surface area contributed by atoms with E-state index in [1.807, 2.05) is 6.92 Å². The number of hydrogen-bond donors (Lipinski definition) is 1. The maximum Gasteiger partial charge on any atom is 0.300 e. The number of carbonyl (C=O) groups is 2. The van der Waals surface area contributed by atoms with Crippen molar-refractivity contribution < 1.29 is 33.3 Å². The van der Waals surface area contributed by atoms with E-state index in [1.54, 1.807) is 49.4 Å². The first-order valence-electron chi connectivity index (χ1n) is 11.1. The Labute approximate surface area is 201 Å². The van der Waals surface area contributed by atoms with E-state index in [0.29, 0.717) is 40.7 Å². The van der Waals surface area contributed by atoms with Gasteiger partial charge in [-0.2, -0.15) is 0 Å². The summed E-state index contributed by atoms with van der Waals surface area (Å²) in [5.41, 5.74) is 1.39. The number of aliphatic hydroxyl groups excluding tert-OH is 1. The van der Waals surface area contributed by atoms with Crippen LogP contribution in [0.2, 0.25) is 0 Å². The Hall–Kier alpha value is -4.33. The van der Waals surface area contributed by atoms with Crippen molar-refractivity contribution >= 4 is 23.1 Å². The molecule has 0 radical (unpaired) electrons. The number of ether oxygens (including phenoxy) is 3. The largest absolute Gasteiger partial charge is 0.507 e. The minimum Gasteiger partial charge on any atom is -0.507 e. The Morgan fingerprint density at radius 1 is 1.09 bits per heavy atom. The van der Waals surface area contributed by atoms with Gasteiger partial charge >= 0.3 is 0 Å². The van der Waals surface area contributed by atoms with Crippen LogP contribution in [0.3, 0.4) is 0 Å². The average molecular weight is 475 g/mol. The van der Waals surface area contributed by atoms with Crippen molar-refractivity contribution in [1.82, 2.24) is 0 Å². The molecule has 3 aromatic carbocycles. The van der Waals surface area contributed by atoms with Gasteiger partial charge in [-0.1, -0.05) is 12.1 Å². The zero-order valence-corrected chi connectivity index (χ0v) is 19.1. The first-order chi connectivity index (χ1) is 16.9. The van der Waals surface area contributed by atoms with Gasteiger partial charge in [0.05, 0.1) is 18.2 Å². The third-order valence-electron chi connectivity index (χ3n) is 5.99. The molecule has 0 saturated carbocycles. The third kappa shape index (κ3) is 3.86. The summed E-state index contributed by atoms with van der Waals surface area (Å²) in [7, 11) is 0. The number of Topliss-reactive ketones (excluding diaryl/α,β-unsaturated/α-hetero) is 1. The molecule has 3 aromatic rings. The van der Waals surface area contributed by atoms with Crippen LogP contribution >= 0.6 is 0 Å². The van der Waals surface area contributed by atoms with Gasteiger partial charge in [0.1, 0.15) is 17.3 Å². The molecule has 178 valence electrons. The molecule has 1 atom stereocenters. The van der Waals surface area contributed by atoms with Crippen molar-refractivity contribution in [2.24, 2.45) is 0 Å². The van der Waals surface area contributed by atoms with Crippen molar-refractivity contribution in [3.05, 3.63) is 88.7 Å². The minimum absolute atomic E-state index is 0.0569. The number of carbonyl (C=O) groups excluding carboxylic acids is 2. The predicted octanol–water partition coefficient (Wildman–Crippen LogP) is 4.89. The van der Waals surface area contributed by atoms with Crippen LogP contribution in [-0.2, 0) is 9.59 Å². The standard InChI is InChI=1S/C27H22FNO6/c1-3-33-19-6-4-5-16(12-19)24-23(25(30)17-7-9-20(28)15(2)11-17)26(31)27(32)29(24)18-8-10-21-22(13-18)35-14-34-21/h4-13,24,30H,3,14H2,1-2H3/b25-23+. The molecule has 35 heavy (non-hydrogen) atoms. The van der Waals surface area contributed by atoms with E-state index in [0.717, 1.165) is 0 Å². The minimum atomic E-state index is -0.957. The molecule has 0 aliphatic carbocycles. The summed E-state index contributed by atoms with van der Waals surface area (Å²) in [5, 5.41) is 11.2. The first kappa shape index (κ1) is 22.5. The molecule has 2 heterocycles. The molecular formula is C27H22FNO6. The SMILES string of the molecule is CCOc1cccc(C2/C(=C(\O)c3ccc(F)c(C)c3)C(=O)C(=O)N2c2ccc3c(c2)OCO3)c1. The van der Waals surface area contributed by atoms with Crippen LogP contribution in [0.1, 0.15) is 29.7 Å².